The molecule has 1 aromatic carbocycles. The minimum absolute atomic E-state index is 0.251. The number of benzene rings is 1. The minimum atomic E-state index is -0.822. The third kappa shape index (κ3) is 2.48. The highest BCUT2D eigenvalue weighted by atomic mass is 19.1. The van der Waals surface area contributed by atoms with Gasteiger partial charge in [0.15, 0.2) is 0 Å². The van der Waals surface area contributed by atoms with Crippen LogP contribution in [0.15, 0.2) is 36.3 Å². The van der Waals surface area contributed by atoms with E-state index in [2.05, 4.69) is 10.7 Å². The van der Waals surface area contributed by atoms with Gasteiger partial charge in [-0.05, 0) is 23.8 Å². The van der Waals surface area contributed by atoms with Crippen LogP contribution in [0.2, 0.25) is 0 Å². The van der Waals surface area contributed by atoms with E-state index in [1.807, 2.05) is 0 Å². The van der Waals surface area contributed by atoms with Crippen LogP contribution >= 0.6 is 0 Å². The molecule has 3 nitrogen and oxygen atoms in total. The van der Waals surface area contributed by atoms with Gasteiger partial charge in [0.2, 0.25) is 0 Å². The summed E-state index contributed by atoms with van der Waals surface area (Å²) in [6, 6.07) is 3.00. The number of hydrogen-bond donors (Lipinski definition) is 3. The molecule has 1 unspecified atom stereocenters. The van der Waals surface area contributed by atoms with Crippen molar-refractivity contribution in [3.05, 3.63) is 53.5 Å². The molecule has 0 bridgehead atoms. The Labute approximate surface area is 95.8 Å². The number of nitrogens with two attached hydrogens (primary N) is 1. The Kier molecular flexibility index (Phi) is 3.16. The van der Waals surface area contributed by atoms with Crippen LogP contribution in [0.4, 0.5) is 13.2 Å². The van der Waals surface area contributed by atoms with Crippen molar-refractivity contribution in [3.63, 3.8) is 0 Å². The van der Waals surface area contributed by atoms with Crippen LogP contribution in [0.5, 0.6) is 0 Å². The molecule has 0 amide bonds. The van der Waals surface area contributed by atoms with Crippen molar-refractivity contribution in [1.82, 2.24) is 10.7 Å². The van der Waals surface area contributed by atoms with Crippen LogP contribution in [0, 0.1) is 11.6 Å². The lowest BCUT2D eigenvalue weighted by Crippen LogP contribution is -2.45. The Morgan fingerprint density at radius 1 is 1.12 bits per heavy atom. The maximum atomic E-state index is 13.4. The predicted molar refractivity (Wildman–Crippen MR) is 57.8 cm³/mol. The molecule has 17 heavy (non-hydrogen) atoms. The molecule has 0 saturated heterocycles. The van der Waals surface area contributed by atoms with Gasteiger partial charge in [-0.1, -0.05) is 0 Å². The number of halogens is 3. The average Bonchev–Trinajstić information content (AvgIpc) is 2.27. The van der Waals surface area contributed by atoms with Crippen LogP contribution < -0.4 is 16.6 Å². The summed E-state index contributed by atoms with van der Waals surface area (Å²) < 4.78 is 39.4. The molecule has 6 heteroatoms. The smallest absolute Gasteiger partial charge is 0.142 e. The molecule has 90 valence electrons. The topological polar surface area (TPSA) is 50.1 Å². The van der Waals surface area contributed by atoms with E-state index in [9.17, 15) is 13.2 Å². The van der Waals surface area contributed by atoms with Crippen molar-refractivity contribution in [3.8, 4) is 0 Å². The summed E-state index contributed by atoms with van der Waals surface area (Å²) in [7, 11) is 0. The number of allylic oxidation sites excluding steroid dienone is 2. The van der Waals surface area contributed by atoms with Gasteiger partial charge in [-0.2, -0.15) is 0 Å². The van der Waals surface area contributed by atoms with Gasteiger partial charge < -0.3 is 5.32 Å². The molecule has 0 fully saturated rings. The predicted octanol–water partition coefficient (Wildman–Crippen LogP) is 1.55. The summed E-state index contributed by atoms with van der Waals surface area (Å²) in [5.41, 5.74) is 2.79. The van der Waals surface area contributed by atoms with Gasteiger partial charge in [0.05, 0.1) is 0 Å². The van der Waals surface area contributed by atoms with Crippen molar-refractivity contribution in [1.29, 1.82) is 0 Å². The molecule has 4 N–H and O–H groups in total. The van der Waals surface area contributed by atoms with E-state index in [1.54, 1.807) is 0 Å². The maximum Gasteiger partial charge on any atom is 0.142 e. The van der Waals surface area contributed by atoms with E-state index in [1.165, 1.54) is 6.20 Å². The molecular formula is C11H10F3N3. The molecular weight excluding hydrogens is 231 g/mol. The third-order valence-corrected chi connectivity index (χ3v) is 2.34. The average molecular weight is 241 g/mol. The lowest BCUT2D eigenvalue weighted by Gasteiger charge is -2.20. The first kappa shape index (κ1) is 11.7. The van der Waals surface area contributed by atoms with Gasteiger partial charge in [0.1, 0.15) is 23.6 Å². The standard InChI is InChI=1S/C11H10F3N3/c12-8-1-6(2-9(13)4-8)7-3-10(14)11(17-15)16-5-7/h1-5,11,16-17H,15H2. The fourth-order valence-corrected chi connectivity index (χ4v) is 1.54. The Morgan fingerprint density at radius 2 is 1.76 bits per heavy atom. The Morgan fingerprint density at radius 3 is 2.29 bits per heavy atom. The molecule has 1 heterocycles. The third-order valence-electron chi connectivity index (χ3n) is 2.34. The number of rotatable bonds is 2. The quantitative estimate of drug-likeness (QED) is 0.544. The first-order chi connectivity index (χ1) is 8.10. The second-order valence-corrected chi connectivity index (χ2v) is 3.55. The van der Waals surface area contributed by atoms with Gasteiger partial charge >= 0.3 is 0 Å². The zero-order chi connectivity index (χ0) is 12.4. The highest BCUT2D eigenvalue weighted by molar-refractivity contribution is 5.75. The number of nitrogens with one attached hydrogen (secondary N) is 2. The monoisotopic (exact) mass is 241 g/mol. The molecule has 0 saturated carbocycles. The lowest BCUT2D eigenvalue weighted by molar-refractivity contribution is 0.439. The molecule has 0 aromatic heterocycles. The number of hydrogen-bond acceptors (Lipinski definition) is 3. The summed E-state index contributed by atoms with van der Waals surface area (Å²) in [5, 5.41) is 2.62. The summed E-state index contributed by atoms with van der Waals surface area (Å²) in [6.07, 6.45) is 1.77. The zero-order valence-electron chi connectivity index (χ0n) is 8.68. The number of dihydropyridines is 1. The van der Waals surface area contributed by atoms with Crippen molar-refractivity contribution >= 4 is 5.57 Å². The summed E-state index contributed by atoms with van der Waals surface area (Å²) in [4.78, 5) is 0. The van der Waals surface area contributed by atoms with E-state index in [-0.39, 0.29) is 5.56 Å². The van der Waals surface area contributed by atoms with Crippen molar-refractivity contribution < 1.29 is 13.2 Å². The van der Waals surface area contributed by atoms with E-state index in [0.29, 0.717) is 5.57 Å². The Bertz CT molecular complexity index is 476. The fraction of sp³-hybridized carbons (Fsp3) is 0.0909. The molecule has 1 aliphatic heterocycles. The highest BCUT2D eigenvalue weighted by Gasteiger charge is 2.17. The zero-order valence-corrected chi connectivity index (χ0v) is 8.68. The molecule has 0 spiro atoms. The number of hydrazine groups is 1. The Hall–Kier alpha value is -1.79. The minimum Gasteiger partial charge on any atom is -0.369 e. The van der Waals surface area contributed by atoms with Crippen molar-refractivity contribution in [2.45, 2.75) is 6.17 Å². The molecule has 1 aromatic rings. The van der Waals surface area contributed by atoms with E-state index < -0.39 is 23.6 Å². The molecule has 0 aliphatic carbocycles. The SMILES string of the molecule is NNC1NC=C(c2cc(F)cc(F)c2)C=C1F. The van der Waals surface area contributed by atoms with Crippen LogP contribution in [0.1, 0.15) is 5.56 Å². The first-order valence-electron chi connectivity index (χ1n) is 4.86. The second kappa shape index (κ2) is 4.60. The van der Waals surface area contributed by atoms with Crippen molar-refractivity contribution in [2.24, 2.45) is 5.84 Å². The fourth-order valence-electron chi connectivity index (χ4n) is 1.54. The van der Waals surface area contributed by atoms with Gasteiger partial charge in [0, 0.05) is 17.8 Å². The van der Waals surface area contributed by atoms with Crippen molar-refractivity contribution in [2.75, 3.05) is 0 Å². The maximum absolute atomic E-state index is 13.4. The molecule has 2 rings (SSSR count). The second-order valence-electron chi connectivity index (χ2n) is 3.55. The van der Waals surface area contributed by atoms with Crippen LogP contribution in [-0.2, 0) is 0 Å². The van der Waals surface area contributed by atoms with Gasteiger partial charge in [-0.15, -0.1) is 0 Å². The molecule has 0 radical (unpaired) electrons. The highest BCUT2D eigenvalue weighted by Crippen LogP contribution is 2.23. The Balaban J connectivity index is 2.33. The van der Waals surface area contributed by atoms with Crippen LogP contribution in [0.25, 0.3) is 5.57 Å². The summed E-state index contributed by atoms with van der Waals surface area (Å²) in [6.45, 7) is 0. The van der Waals surface area contributed by atoms with Crippen LogP contribution in [0.3, 0.4) is 0 Å². The van der Waals surface area contributed by atoms with E-state index in [0.717, 1.165) is 24.3 Å². The van der Waals surface area contributed by atoms with Gasteiger partial charge in [0.25, 0.3) is 0 Å². The summed E-state index contributed by atoms with van der Waals surface area (Å²) >= 11 is 0. The summed E-state index contributed by atoms with van der Waals surface area (Å²) in [5.74, 6) is 3.09. The van der Waals surface area contributed by atoms with Gasteiger partial charge in [-0.3, -0.25) is 5.84 Å². The van der Waals surface area contributed by atoms with Gasteiger partial charge in [-0.25, -0.2) is 18.6 Å². The van der Waals surface area contributed by atoms with Crippen LogP contribution in [-0.4, -0.2) is 6.17 Å². The first-order valence-corrected chi connectivity index (χ1v) is 4.86. The molecule has 1 atom stereocenters. The molecule has 1 aliphatic rings. The normalized spacial score (nSPS) is 19.4. The van der Waals surface area contributed by atoms with E-state index >= 15 is 0 Å². The largest absolute Gasteiger partial charge is 0.369 e. The lowest BCUT2D eigenvalue weighted by atomic mass is 10.0. The van der Waals surface area contributed by atoms with E-state index in [4.69, 9.17) is 5.84 Å².